The molecule has 0 aliphatic rings. The zero-order valence-corrected chi connectivity index (χ0v) is 13.6. The third-order valence-electron chi connectivity index (χ3n) is 2.65. The van der Waals surface area contributed by atoms with Crippen LogP contribution in [0.15, 0.2) is 50.3 Å². The standard InChI is InChI=1S/C14H13Br2NO2/c1-10-8-12(16)9-17(14(10)18)6-7-19-13-4-2-11(15)3-5-13/h2-5,8-9H,6-7H2,1H3. The number of hydrogen-bond donors (Lipinski definition) is 0. The number of halogens is 2. The van der Waals surface area contributed by atoms with Crippen molar-refractivity contribution in [3.63, 3.8) is 0 Å². The molecule has 2 rings (SSSR count). The maximum Gasteiger partial charge on any atom is 0.253 e. The van der Waals surface area contributed by atoms with Crippen LogP contribution in [-0.4, -0.2) is 11.2 Å². The predicted molar refractivity (Wildman–Crippen MR) is 82.8 cm³/mol. The van der Waals surface area contributed by atoms with Gasteiger partial charge in [0.2, 0.25) is 0 Å². The van der Waals surface area contributed by atoms with Gasteiger partial charge in [0.1, 0.15) is 12.4 Å². The summed E-state index contributed by atoms with van der Waals surface area (Å²) < 4.78 is 9.16. The second-order valence-corrected chi connectivity index (χ2v) is 5.97. The van der Waals surface area contributed by atoms with E-state index in [1.165, 1.54) is 0 Å². The first-order valence-electron chi connectivity index (χ1n) is 5.81. The van der Waals surface area contributed by atoms with Crippen LogP contribution in [0.1, 0.15) is 5.56 Å². The first-order chi connectivity index (χ1) is 9.06. The summed E-state index contributed by atoms with van der Waals surface area (Å²) in [6.45, 7) is 2.78. The van der Waals surface area contributed by atoms with Crippen LogP contribution in [0.4, 0.5) is 0 Å². The first-order valence-corrected chi connectivity index (χ1v) is 7.40. The number of nitrogens with zero attached hydrogens (tertiary/aromatic N) is 1. The number of pyridine rings is 1. The molecule has 0 bridgehead atoms. The van der Waals surface area contributed by atoms with Gasteiger partial charge >= 0.3 is 0 Å². The predicted octanol–water partition coefficient (Wildman–Crippen LogP) is 3.76. The van der Waals surface area contributed by atoms with Crippen molar-refractivity contribution >= 4 is 31.9 Å². The van der Waals surface area contributed by atoms with Crippen LogP contribution in [0.2, 0.25) is 0 Å². The molecule has 100 valence electrons. The van der Waals surface area contributed by atoms with Crippen LogP contribution < -0.4 is 10.3 Å². The Kier molecular flexibility index (Phi) is 4.82. The van der Waals surface area contributed by atoms with E-state index in [-0.39, 0.29) is 5.56 Å². The summed E-state index contributed by atoms with van der Waals surface area (Å²) in [7, 11) is 0. The average molecular weight is 387 g/mol. The summed E-state index contributed by atoms with van der Waals surface area (Å²) >= 11 is 6.76. The van der Waals surface area contributed by atoms with E-state index in [4.69, 9.17) is 4.74 Å². The molecule has 0 radical (unpaired) electrons. The van der Waals surface area contributed by atoms with E-state index in [0.717, 1.165) is 20.3 Å². The molecule has 0 fully saturated rings. The van der Waals surface area contributed by atoms with Gasteiger partial charge in [0.15, 0.2) is 0 Å². The Morgan fingerprint density at radius 1 is 1.16 bits per heavy atom. The molecular weight excluding hydrogens is 374 g/mol. The molecule has 19 heavy (non-hydrogen) atoms. The largest absolute Gasteiger partial charge is 0.492 e. The summed E-state index contributed by atoms with van der Waals surface area (Å²) in [5, 5.41) is 0. The molecule has 0 unspecified atom stereocenters. The summed E-state index contributed by atoms with van der Waals surface area (Å²) in [5.41, 5.74) is 0.737. The Morgan fingerprint density at radius 3 is 2.53 bits per heavy atom. The van der Waals surface area contributed by atoms with Crippen molar-refractivity contribution in [2.45, 2.75) is 13.5 Å². The molecule has 0 aliphatic carbocycles. The fraction of sp³-hybridized carbons (Fsp3) is 0.214. The van der Waals surface area contributed by atoms with Crippen molar-refractivity contribution in [3.8, 4) is 5.75 Å². The quantitative estimate of drug-likeness (QED) is 0.800. The van der Waals surface area contributed by atoms with Crippen LogP contribution in [0, 0.1) is 6.92 Å². The van der Waals surface area contributed by atoms with Crippen LogP contribution in [0.3, 0.4) is 0 Å². The Balaban J connectivity index is 2.00. The zero-order valence-electron chi connectivity index (χ0n) is 10.4. The lowest BCUT2D eigenvalue weighted by Crippen LogP contribution is -2.24. The van der Waals surface area contributed by atoms with E-state index in [9.17, 15) is 4.79 Å². The highest BCUT2D eigenvalue weighted by Gasteiger charge is 2.02. The van der Waals surface area contributed by atoms with E-state index in [1.807, 2.05) is 30.3 Å². The van der Waals surface area contributed by atoms with Gasteiger partial charge in [-0.05, 0) is 53.2 Å². The zero-order chi connectivity index (χ0) is 13.8. The highest BCUT2D eigenvalue weighted by Crippen LogP contribution is 2.16. The summed E-state index contributed by atoms with van der Waals surface area (Å²) in [5.74, 6) is 0.794. The number of aromatic nitrogens is 1. The minimum Gasteiger partial charge on any atom is -0.492 e. The molecule has 0 aliphatic heterocycles. The molecule has 3 nitrogen and oxygen atoms in total. The molecule has 0 saturated carbocycles. The van der Waals surface area contributed by atoms with Crippen molar-refractivity contribution in [1.29, 1.82) is 0 Å². The van der Waals surface area contributed by atoms with Crippen molar-refractivity contribution in [1.82, 2.24) is 4.57 Å². The monoisotopic (exact) mass is 385 g/mol. The molecule has 1 heterocycles. The minimum absolute atomic E-state index is 0.0163. The smallest absolute Gasteiger partial charge is 0.253 e. The Labute approximate surface area is 128 Å². The van der Waals surface area contributed by atoms with E-state index in [1.54, 1.807) is 17.7 Å². The van der Waals surface area contributed by atoms with Crippen LogP contribution in [-0.2, 0) is 6.54 Å². The van der Waals surface area contributed by atoms with Crippen molar-refractivity contribution in [3.05, 3.63) is 61.4 Å². The summed E-state index contributed by atoms with van der Waals surface area (Å²) in [6.07, 6.45) is 1.78. The normalized spacial score (nSPS) is 10.5. The van der Waals surface area contributed by atoms with E-state index in [0.29, 0.717) is 13.2 Å². The molecule has 0 atom stereocenters. The number of rotatable bonds is 4. The second kappa shape index (κ2) is 6.39. The van der Waals surface area contributed by atoms with E-state index >= 15 is 0 Å². The van der Waals surface area contributed by atoms with Gasteiger partial charge in [0.05, 0.1) is 6.54 Å². The van der Waals surface area contributed by atoms with E-state index < -0.39 is 0 Å². The Hall–Kier alpha value is -1.07. The molecule has 1 aromatic heterocycles. The van der Waals surface area contributed by atoms with Crippen LogP contribution >= 0.6 is 31.9 Å². The molecule has 0 spiro atoms. The fourth-order valence-corrected chi connectivity index (χ4v) is 2.55. The van der Waals surface area contributed by atoms with Gasteiger partial charge in [-0.25, -0.2) is 0 Å². The molecule has 2 aromatic rings. The molecule has 0 saturated heterocycles. The number of hydrogen-bond acceptors (Lipinski definition) is 2. The molecule has 0 amide bonds. The highest BCUT2D eigenvalue weighted by atomic mass is 79.9. The highest BCUT2D eigenvalue weighted by molar-refractivity contribution is 9.10. The second-order valence-electron chi connectivity index (χ2n) is 4.14. The maximum atomic E-state index is 11.9. The number of ether oxygens (including phenoxy) is 1. The molecule has 0 N–H and O–H groups in total. The maximum absolute atomic E-state index is 11.9. The fourth-order valence-electron chi connectivity index (χ4n) is 1.70. The van der Waals surface area contributed by atoms with Gasteiger partial charge in [-0.1, -0.05) is 15.9 Å². The van der Waals surface area contributed by atoms with Gasteiger partial charge in [-0.3, -0.25) is 4.79 Å². The summed E-state index contributed by atoms with van der Waals surface area (Å²) in [4.78, 5) is 11.9. The molecule has 1 aromatic carbocycles. The summed E-state index contributed by atoms with van der Waals surface area (Å²) in [6, 6.07) is 9.43. The lowest BCUT2D eigenvalue weighted by molar-refractivity contribution is 0.296. The van der Waals surface area contributed by atoms with E-state index in [2.05, 4.69) is 31.9 Å². The van der Waals surface area contributed by atoms with Gasteiger partial charge < -0.3 is 9.30 Å². The van der Waals surface area contributed by atoms with Crippen molar-refractivity contribution in [2.75, 3.05) is 6.61 Å². The number of benzene rings is 1. The Bertz CT molecular complexity index is 620. The third kappa shape index (κ3) is 3.94. The topological polar surface area (TPSA) is 31.2 Å². The molecule has 5 heteroatoms. The van der Waals surface area contributed by atoms with Gasteiger partial charge in [-0.2, -0.15) is 0 Å². The average Bonchev–Trinajstić information content (AvgIpc) is 2.37. The SMILES string of the molecule is Cc1cc(Br)cn(CCOc2ccc(Br)cc2)c1=O. The van der Waals surface area contributed by atoms with Gasteiger partial charge in [0.25, 0.3) is 5.56 Å². The van der Waals surface area contributed by atoms with Gasteiger partial charge in [0, 0.05) is 20.7 Å². The Morgan fingerprint density at radius 2 is 1.84 bits per heavy atom. The third-order valence-corrected chi connectivity index (χ3v) is 3.61. The number of aryl methyl sites for hydroxylation is 1. The van der Waals surface area contributed by atoms with Crippen molar-refractivity contribution < 1.29 is 4.74 Å². The van der Waals surface area contributed by atoms with Crippen molar-refractivity contribution in [2.24, 2.45) is 0 Å². The van der Waals surface area contributed by atoms with Crippen LogP contribution in [0.25, 0.3) is 0 Å². The lowest BCUT2D eigenvalue weighted by Gasteiger charge is -2.09. The van der Waals surface area contributed by atoms with Gasteiger partial charge in [-0.15, -0.1) is 0 Å². The minimum atomic E-state index is 0.0163. The lowest BCUT2D eigenvalue weighted by atomic mass is 10.3. The molecular formula is C14H13Br2NO2. The first kappa shape index (κ1) is 14.3. The van der Waals surface area contributed by atoms with Crippen LogP contribution in [0.5, 0.6) is 5.75 Å².